The summed E-state index contributed by atoms with van der Waals surface area (Å²) in [6.07, 6.45) is 46.5. The highest BCUT2D eigenvalue weighted by atomic mass is 31.2. The Morgan fingerprint density at radius 3 is 0.770 bits per heavy atom. The van der Waals surface area contributed by atoms with Crippen molar-refractivity contribution in [3.05, 3.63) is 0 Å². The fourth-order valence-corrected chi connectivity index (χ4v) is 8.61. The van der Waals surface area contributed by atoms with Crippen LogP contribution in [0.4, 0.5) is 0 Å². The first-order chi connectivity index (χ1) is 29.8. The molecule has 0 heterocycles. The molecule has 364 valence electrons. The first kappa shape index (κ1) is 60.0. The monoisotopic (exact) mass is 891 g/mol. The van der Waals surface area contributed by atoms with E-state index in [4.69, 9.17) is 18.5 Å². The van der Waals surface area contributed by atoms with Crippen molar-refractivity contribution in [2.24, 2.45) is 0 Å². The average Bonchev–Trinajstić information content (AvgIpc) is 3.25. The van der Waals surface area contributed by atoms with Crippen LogP contribution in [0.2, 0.25) is 0 Å². The third kappa shape index (κ3) is 45.3. The predicted octanol–water partition coefficient (Wildman–Crippen LogP) is 14.6. The van der Waals surface area contributed by atoms with Gasteiger partial charge in [0.05, 0.1) is 26.4 Å². The Bertz CT molecular complexity index is 910. The van der Waals surface area contributed by atoms with Gasteiger partial charge in [0, 0.05) is 12.8 Å². The van der Waals surface area contributed by atoms with Crippen molar-refractivity contribution in [3.63, 3.8) is 0 Å². The molecule has 2 atom stereocenters. The maximum absolute atomic E-state index is 12.4. The SMILES string of the molecule is CCCCCCCCCCCCCCCCCCCCCC(=O)OC(CO)COP(=O)(O)OCC(CO)OC(=O)CCCCCCCCCCCCCCCCCCCCC. The van der Waals surface area contributed by atoms with Crippen LogP contribution in [0.1, 0.15) is 271 Å². The summed E-state index contributed by atoms with van der Waals surface area (Å²) in [6.45, 7) is 2.29. The summed E-state index contributed by atoms with van der Waals surface area (Å²) in [5.74, 6) is -0.999. The summed E-state index contributed by atoms with van der Waals surface area (Å²) in [5.41, 5.74) is 0. The summed E-state index contributed by atoms with van der Waals surface area (Å²) < 4.78 is 32.7. The molecule has 0 aliphatic rings. The Morgan fingerprint density at radius 2 is 0.574 bits per heavy atom. The lowest BCUT2D eigenvalue weighted by Gasteiger charge is -2.20. The van der Waals surface area contributed by atoms with Gasteiger partial charge in [0.15, 0.2) is 0 Å². The average molecular weight is 891 g/mol. The van der Waals surface area contributed by atoms with Gasteiger partial charge in [-0.1, -0.05) is 245 Å². The van der Waals surface area contributed by atoms with E-state index < -0.39 is 58.4 Å². The minimum absolute atomic E-state index is 0.200. The number of phosphoric ester groups is 1. The van der Waals surface area contributed by atoms with E-state index >= 15 is 0 Å². The van der Waals surface area contributed by atoms with E-state index in [0.29, 0.717) is 12.8 Å². The highest BCUT2D eigenvalue weighted by Crippen LogP contribution is 2.43. The Kier molecular flexibility index (Phi) is 46.2. The van der Waals surface area contributed by atoms with E-state index in [1.54, 1.807) is 0 Å². The van der Waals surface area contributed by atoms with Gasteiger partial charge in [0.1, 0.15) is 12.2 Å². The number of esters is 2. The molecule has 0 aromatic carbocycles. The lowest BCUT2D eigenvalue weighted by Crippen LogP contribution is -2.28. The fourth-order valence-electron chi connectivity index (χ4n) is 7.83. The summed E-state index contributed by atoms with van der Waals surface area (Å²) in [6, 6.07) is 0. The van der Waals surface area contributed by atoms with Gasteiger partial charge in [0.2, 0.25) is 0 Å². The Balaban J connectivity index is 3.78. The minimum atomic E-state index is -4.63. The summed E-state index contributed by atoms with van der Waals surface area (Å²) >= 11 is 0. The van der Waals surface area contributed by atoms with E-state index in [1.807, 2.05) is 0 Å². The van der Waals surface area contributed by atoms with Crippen LogP contribution >= 0.6 is 7.82 Å². The maximum atomic E-state index is 12.4. The molecule has 0 aliphatic carbocycles. The van der Waals surface area contributed by atoms with Crippen LogP contribution < -0.4 is 0 Å². The topological polar surface area (TPSA) is 149 Å². The van der Waals surface area contributed by atoms with Crippen molar-refractivity contribution in [1.82, 2.24) is 0 Å². The number of ether oxygens (including phenoxy) is 2. The number of unbranched alkanes of at least 4 members (excludes halogenated alkanes) is 36. The van der Waals surface area contributed by atoms with Crippen molar-refractivity contribution in [3.8, 4) is 0 Å². The summed E-state index contributed by atoms with van der Waals surface area (Å²) in [4.78, 5) is 34.7. The zero-order chi connectivity index (χ0) is 44.8. The van der Waals surface area contributed by atoms with Gasteiger partial charge in [-0.3, -0.25) is 18.6 Å². The van der Waals surface area contributed by atoms with Crippen molar-refractivity contribution in [2.45, 2.75) is 283 Å². The zero-order valence-electron chi connectivity index (χ0n) is 39.9. The fraction of sp³-hybridized carbons (Fsp3) is 0.960. The second-order valence-corrected chi connectivity index (χ2v) is 19.3. The zero-order valence-corrected chi connectivity index (χ0v) is 40.8. The predicted molar refractivity (Wildman–Crippen MR) is 252 cm³/mol. The number of rotatable bonds is 50. The van der Waals surface area contributed by atoms with Gasteiger partial charge in [-0.15, -0.1) is 0 Å². The highest BCUT2D eigenvalue weighted by Gasteiger charge is 2.27. The van der Waals surface area contributed by atoms with Crippen LogP contribution in [0.15, 0.2) is 0 Å². The quantitative estimate of drug-likeness (QED) is 0.0306. The lowest BCUT2D eigenvalue weighted by atomic mass is 10.0. The van der Waals surface area contributed by atoms with Crippen LogP contribution in [0.3, 0.4) is 0 Å². The van der Waals surface area contributed by atoms with Gasteiger partial charge in [-0.25, -0.2) is 4.57 Å². The van der Waals surface area contributed by atoms with E-state index in [9.17, 15) is 29.3 Å². The normalized spacial score (nSPS) is 13.6. The molecule has 0 bridgehead atoms. The standard InChI is InChI=1S/C50H99O10P/c1-3-5-7-9-11-13-15-17-19-21-23-25-27-29-31-33-35-37-39-41-49(53)59-47(43-51)45-57-61(55,56)58-46-48(44-52)60-50(54)42-40-38-36-34-32-30-28-26-24-22-20-18-16-14-12-10-8-6-4-2/h47-48,51-52H,3-46H2,1-2H3,(H,55,56). The molecule has 10 nitrogen and oxygen atoms in total. The highest BCUT2D eigenvalue weighted by molar-refractivity contribution is 7.47. The van der Waals surface area contributed by atoms with E-state index in [0.717, 1.165) is 38.5 Å². The number of carbonyl (C=O) groups is 2. The van der Waals surface area contributed by atoms with Gasteiger partial charge < -0.3 is 24.6 Å². The van der Waals surface area contributed by atoms with Crippen molar-refractivity contribution in [2.75, 3.05) is 26.4 Å². The first-order valence-corrected chi connectivity index (χ1v) is 27.5. The van der Waals surface area contributed by atoms with Crippen LogP contribution in [0.25, 0.3) is 0 Å². The number of phosphoric acid groups is 1. The number of hydrogen-bond acceptors (Lipinski definition) is 9. The molecule has 0 amide bonds. The lowest BCUT2D eigenvalue weighted by molar-refractivity contribution is -0.153. The number of hydrogen-bond donors (Lipinski definition) is 3. The van der Waals surface area contributed by atoms with Crippen LogP contribution in [0, 0.1) is 0 Å². The third-order valence-electron chi connectivity index (χ3n) is 11.8. The second kappa shape index (κ2) is 46.9. The summed E-state index contributed by atoms with van der Waals surface area (Å²) in [5, 5.41) is 19.3. The van der Waals surface area contributed by atoms with Gasteiger partial charge >= 0.3 is 19.8 Å². The molecular weight excluding hydrogens is 792 g/mol. The third-order valence-corrected chi connectivity index (χ3v) is 12.8. The second-order valence-electron chi connectivity index (χ2n) is 17.9. The molecule has 3 N–H and O–H groups in total. The Morgan fingerprint density at radius 1 is 0.377 bits per heavy atom. The van der Waals surface area contributed by atoms with Gasteiger partial charge in [-0.2, -0.15) is 0 Å². The van der Waals surface area contributed by atoms with E-state index in [2.05, 4.69) is 13.8 Å². The van der Waals surface area contributed by atoms with Crippen LogP contribution in [0.5, 0.6) is 0 Å². The van der Waals surface area contributed by atoms with E-state index in [-0.39, 0.29) is 12.8 Å². The molecule has 0 aromatic rings. The Hall–Kier alpha value is -1.03. The number of aliphatic hydroxyl groups is 2. The van der Waals surface area contributed by atoms with Crippen molar-refractivity contribution >= 4 is 19.8 Å². The largest absolute Gasteiger partial charge is 0.472 e. The molecule has 61 heavy (non-hydrogen) atoms. The number of carbonyl (C=O) groups excluding carboxylic acids is 2. The maximum Gasteiger partial charge on any atom is 0.472 e. The first-order valence-electron chi connectivity index (χ1n) is 26.0. The Labute approximate surface area is 375 Å². The molecule has 2 unspecified atom stereocenters. The molecule has 0 saturated carbocycles. The van der Waals surface area contributed by atoms with Gasteiger partial charge in [0.25, 0.3) is 0 Å². The molecule has 0 aliphatic heterocycles. The van der Waals surface area contributed by atoms with Crippen LogP contribution in [-0.2, 0) is 32.7 Å². The van der Waals surface area contributed by atoms with Gasteiger partial charge in [-0.05, 0) is 12.8 Å². The smallest absolute Gasteiger partial charge is 0.457 e. The molecule has 0 fully saturated rings. The minimum Gasteiger partial charge on any atom is -0.457 e. The molecule has 0 spiro atoms. The van der Waals surface area contributed by atoms with Crippen molar-refractivity contribution < 1.29 is 47.8 Å². The molecule has 0 rings (SSSR count). The molecule has 0 saturated heterocycles. The molecule has 11 heteroatoms. The van der Waals surface area contributed by atoms with Crippen LogP contribution in [-0.4, -0.2) is 65.7 Å². The number of aliphatic hydroxyl groups excluding tert-OH is 2. The molecular formula is C50H99O10P. The molecule has 0 radical (unpaired) electrons. The van der Waals surface area contributed by atoms with E-state index in [1.165, 1.54) is 193 Å². The molecule has 0 aromatic heterocycles. The summed E-state index contributed by atoms with van der Waals surface area (Å²) in [7, 11) is -4.63. The van der Waals surface area contributed by atoms with Crippen molar-refractivity contribution in [1.29, 1.82) is 0 Å².